The number of benzene rings is 16. The second kappa shape index (κ2) is 29.4. The van der Waals surface area contributed by atoms with Crippen LogP contribution in [0.4, 0.5) is 0 Å². The van der Waals surface area contributed by atoms with Crippen molar-refractivity contribution >= 4 is 60.4 Å². The molecule has 0 atom stereocenters. The van der Waals surface area contributed by atoms with Gasteiger partial charge in [0.05, 0.1) is 0 Å². The van der Waals surface area contributed by atoms with Crippen LogP contribution in [0.2, 0.25) is 0 Å². The van der Waals surface area contributed by atoms with Gasteiger partial charge in [-0.2, -0.15) is 0 Å². The number of halogens is 3. The van der Waals surface area contributed by atoms with Crippen LogP contribution < -0.4 is 5.46 Å². The maximum absolute atomic E-state index is 9.22. The molecule has 592 valence electrons. The lowest BCUT2D eigenvalue weighted by atomic mass is 9.71. The summed E-state index contributed by atoms with van der Waals surface area (Å²) >= 11 is 11.4. The predicted molar refractivity (Wildman–Crippen MR) is 522 cm³/mol. The normalized spacial score (nSPS) is 15.1. The Hall–Kier alpha value is -11.1. The molecule has 0 spiro atoms. The first kappa shape index (κ1) is 79.7. The SMILES string of the molecule is C.CC1(C)c2ccc(-c3ccccc3-c3ccccc3)cc2-c2c1c1c(c3c2C(C)(C)c2ccc(-c4ccccc4-c4ccccc4)cc2-3)C(C)(C)c2ccc(-c3ccccc3-c3ccccc3)cc2-1.CC1(C)c2ccc(Br)cc2-c2c1c1c(c3c2C(C)(C)c2ccc(Br)cc2-3)C(C)(C)c2ccc(Br)cc2-1.OB(O)c1ccccc1-c1ccccc1. The summed E-state index contributed by atoms with van der Waals surface area (Å²) in [6.07, 6.45) is 0. The summed E-state index contributed by atoms with van der Waals surface area (Å²) in [5.41, 5.74) is 50.4. The van der Waals surface area contributed by atoms with Crippen LogP contribution in [-0.2, 0) is 32.5 Å². The highest BCUT2D eigenvalue weighted by Crippen LogP contribution is 2.71. The standard InChI is InChI=1S/C69H54.C33H27Br3.C12H11BO2.CH4/c1-67(2)58-37-34-46(52-31-19-16-28-49(52)43-22-10-7-11-23-43)40-55(58)61-64(67)62-56-41-47(53-32-20-17-29-50(53)44-24-12-8-13-25-44)35-38-59(56)68(3,4)66(62)63-57-42-48(36-39-60(57)69(5,6)65(61)63)54-33-21-18-30-51(54)45-26-14-9-15-27-45;1-31(2)22-10-7-16(34)13-19(22)25-28(31)26-20-14-17(35)8-11-23(20)32(3,4)30(26)27-21-15-18(36)9-12-24(21)33(5,6)29(25)27;14-13(15)12-9-5-4-8-11(12)10-6-2-1-3-7-10;/h7-42H,1-6H3;7-15H,1-6H3;1-9,14-15H;1H4. The monoisotopic (exact) mass is 1760 g/mol. The van der Waals surface area contributed by atoms with Crippen molar-refractivity contribution in [2.24, 2.45) is 0 Å². The molecule has 6 aliphatic rings. The maximum atomic E-state index is 9.22. The molecule has 121 heavy (non-hydrogen) atoms. The van der Waals surface area contributed by atoms with Crippen molar-refractivity contribution in [1.29, 1.82) is 0 Å². The van der Waals surface area contributed by atoms with E-state index < -0.39 is 7.12 Å². The third-order valence-corrected chi connectivity index (χ3v) is 29.2. The van der Waals surface area contributed by atoms with Gasteiger partial charge in [0.15, 0.2) is 0 Å². The van der Waals surface area contributed by atoms with Gasteiger partial charge >= 0.3 is 7.12 Å². The molecule has 0 saturated heterocycles. The minimum Gasteiger partial charge on any atom is -0.423 e. The Morgan fingerprint density at radius 3 is 0.603 bits per heavy atom. The van der Waals surface area contributed by atoms with Gasteiger partial charge < -0.3 is 10.0 Å². The van der Waals surface area contributed by atoms with E-state index in [-0.39, 0.29) is 39.9 Å². The van der Waals surface area contributed by atoms with E-state index in [1.807, 2.05) is 42.5 Å². The van der Waals surface area contributed by atoms with Gasteiger partial charge in [0.25, 0.3) is 0 Å². The van der Waals surface area contributed by atoms with Gasteiger partial charge in [0.1, 0.15) is 0 Å². The molecule has 0 saturated carbocycles. The van der Waals surface area contributed by atoms with Crippen LogP contribution >= 0.6 is 47.8 Å². The lowest BCUT2D eigenvalue weighted by molar-refractivity contribution is 0.426. The van der Waals surface area contributed by atoms with Crippen molar-refractivity contribution in [3.05, 3.63) is 408 Å². The largest absolute Gasteiger partial charge is 0.489 e. The topological polar surface area (TPSA) is 40.5 Å². The smallest absolute Gasteiger partial charge is 0.423 e. The first-order chi connectivity index (χ1) is 57.7. The van der Waals surface area contributed by atoms with Gasteiger partial charge in [-0.25, -0.2) is 0 Å². The molecule has 16 aromatic rings. The molecular weight excluding hydrogens is 1660 g/mol. The summed E-state index contributed by atoms with van der Waals surface area (Å²) in [6.45, 7) is 29.5. The summed E-state index contributed by atoms with van der Waals surface area (Å²) < 4.78 is 3.41. The highest BCUT2D eigenvalue weighted by Gasteiger charge is 2.55. The zero-order valence-electron chi connectivity index (χ0n) is 69.8. The minimum absolute atomic E-state index is 0. The van der Waals surface area contributed by atoms with E-state index in [1.165, 1.54) is 200 Å². The molecule has 0 fully saturated rings. The van der Waals surface area contributed by atoms with E-state index in [9.17, 15) is 10.0 Å². The van der Waals surface area contributed by atoms with Crippen LogP contribution in [0.5, 0.6) is 0 Å². The molecule has 0 bridgehead atoms. The average molecular weight is 1760 g/mol. The Balaban J connectivity index is 0.000000153. The van der Waals surface area contributed by atoms with Gasteiger partial charge in [0.2, 0.25) is 0 Å². The number of rotatable bonds is 8. The lowest BCUT2D eigenvalue weighted by Gasteiger charge is -2.31. The zero-order chi connectivity index (χ0) is 83.0. The van der Waals surface area contributed by atoms with E-state index >= 15 is 0 Å². The van der Waals surface area contributed by atoms with Gasteiger partial charge in [-0.15, -0.1) is 0 Å². The molecule has 0 aliphatic heterocycles. The van der Waals surface area contributed by atoms with Gasteiger partial charge in [-0.05, 0) is 271 Å². The summed E-state index contributed by atoms with van der Waals surface area (Å²) in [5.74, 6) is 0. The number of hydrogen-bond donors (Lipinski definition) is 2. The molecule has 6 aliphatic carbocycles. The molecule has 0 aromatic heterocycles. The van der Waals surface area contributed by atoms with Crippen LogP contribution in [-0.4, -0.2) is 17.2 Å². The Kier molecular flexibility index (Phi) is 19.3. The van der Waals surface area contributed by atoms with Crippen LogP contribution in [0.15, 0.2) is 341 Å². The fourth-order valence-corrected chi connectivity index (χ4v) is 23.4. The molecule has 0 amide bonds. The van der Waals surface area contributed by atoms with Crippen molar-refractivity contribution < 1.29 is 10.0 Å². The van der Waals surface area contributed by atoms with Crippen LogP contribution in [0.25, 0.3) is 145 Å². The van der Waals surface area contributed by atoms with Crippen LogP contribution in [0.3, 0.4) is 0 Å². The predicted octanol–water partition coefficient (Wildman–Crippen LogP) is 31.2. The lowest BCUT2D eigenvalue weighted by Crippen LogP contribution is -2.31. The molecule has 6 heteroatoms. The fourth-order valence-electron chi connectivity index (χ4n) is 22.3. The summed E-state index contributed by atoms with van der Waals surface area (Å²) in [7, 11) is -1.43. The molecule has 2 N–H and O–H groups in total. The Labute approximate surface area is 739 Å². The minimum atomic E-state index is -1.43. The second-order valence-corrected chi connectivity index (χ2v) is 39.4. The summed E-state index contributed by atoms with van der Waals surface area (Å²) in [6, 6.07) is 119. The van der Waals surface area contributed by atoms with Crippen LogP contribution in [0.1, 0.15) is 157 Å². The number of hydrogen-bond acceptors (Lipinski definition) is 2. The van der Waals surface area contributed by atoms with Gasteiger partial charge in [-0.1, -0.05) is 411 Å². The highest BCUT2D eigenvalue weighted by molar-refractivity contribution is 9.11. The highest BCUT2D eigenvalue weighted by atomic mass is 79.9. The zero-order valence-corrected chi connectivity index (χ0v) is 74.5. The van der Waals surface area contributed by atoms with Crippen molar-refractivity contribution in [2.75, 3.05) is 0 Å². The van der Waals surface area contributed by atoms with E-state index in [4.69, 9.17) is 0 Å². The van der Waals surface area contributed by atoms with Crippen molar-refractivity contribution in [1.82, 2.24) is 0 Å². The quantitative estimate of drug-likeness (QED) is 0.149. The second-order valence-electron chi connectivity index (χ2n) is 36.7. The number of fused-ring (bicyclic) bond motifs is 24. The fraction of sp³-hybridized carbons (Fsp3) is 0.165. The Bertz CT molecular complexity index is 6310. The molecule has 0 radical (unpaired) electrons. The molecule has 22 rings (SSSR count). The molecular formula is C115H96BBr3O2. The van der Waals surface area contributed by atoms with E-state index in [2.05, 4.69) is 404 Å². The maximum Gasteiger partial charge on any atom is 0.489 e. The molecule has 2 nitrogen and oxygen atoms in total. The van der Waals surface area contributed by atoms with Crippen molar-refractivity contribution in [2.45, 2.75) is 123 Å². The Morgan fingerprint density at radius 2 is 0.372 bits per heavy atom. The first-order valence-electron chi connectivity index (χ1n) is 42.0. The summed E-state index contributed by atoms with van der Waals surface area (Å²) in [4.78, 5) is 0. The van der Waals surface area contributed by atoms with Crippen LogP contribution in [0, 0.1) is 0 Å². The third kappa shape index (κ3) is 12.2. The third-order valence-electron chi connectivity index (χ3n) is 27.7. The molecule has 0 heterocycles. The Morgan fingerprint density at radius 1 is 0.190 bits per heavy atom. The van der Waals surface area contributed by atoms with E-state index in [0.29, 0.717) is 5.46 Å². The van der Waals surface area contributed by atoms with Gasteiger partial charge in [0, 0.05) is 45.9 Å². The van der Waals surface area contributed by atoms with E-state index in [0.717, 1.165) is 24.5 Å². The molecule has 16 aromatic carbocycles. The van der Waals surface area contributed by atoms with Gasteiger partial charge in [-0.3, -0.25) is 0 Å². The average Bonchev–Trinajstić information content (AvgIpc) is 1.50. The first-order valence-corrected chi connectivity index (χ1v) is 44.4. The summed E-state index contributed by atoms with van der Waals surface area (Å²) in [5, 5.41) is 18.4. The van der Waals surface area contributed by atoms with Crippen molar-refractivity contribution in [3.63, 3.8) is 0 Å². The van der Waals surface area contributed by atoms with Crippen molar-refractivity contribution in [3.8, 4) is 145 Å². The van der Waals surface area contributed by atoms with E-state index in [1.54, 1.807) is 12.1 Å². The molecule has 0 unspecified atom stereocenters.